The van der Waals surface area contributed by atoms with E-state index in [1.54, 1.807) is 11.0 Å². The van der Waals surface area contributed by atoms with Crippen molar-refractivity contribution in [2.45, 2.75) is 18.9 Å². The zero-order valence-corrected chi connectivity index (χ0v) is 15.5. The van der Waals surface area contributed by atoms with Crippen molar-refractivity contribution in [2.75, 3.05) is 13.2 Å². The van der Waals surface area contributed by atoms with Crippen LogP contribution < -0.4 is 0 Å². The highest BCUT2D eigenvalue weighted by atomic mass is 16.6. The van der Waals surface area contributed by atoms with Crippen LogP contribution in [0.1, 0.15) is 28.2 Å². The summed E-state index contributed by atoms with van der Waals surface area (Å²) >= 11 is 0. The molecule has 0 saturated carbocycles. The van der Waals surface area contributed by atoms with Crippen molar-refractivity contribution in [1.82, 2.24) is 4.90 Å². The zero-order valence-electron chi connectivity index (χ0n) is 15.5. The second-order valence-electron chi connectivity index (χ2n) is 7.39. The third-order valence-corrected chi connectivity index (χ3v) is 5.84. The summed E-state index contributed by atoms with van der Waals surface area (Å²) in [5.74, 6) is 0.301. The smallest absolute Gasteiger partial charge is 0.410 e. The van der Waals surface area contributed by atoms with Gasteiger partial charge in [0.1, 0.15) is 12.4 Å². The number of hydrogen-bond acceptors (Lipinski definition) is 3. The Morgan fingerprint density at radius 1 is 0.964 bits per heavy atom. The fourth-order valence-electron chi connectivity index (χ4n) is 4.40. The SMILES string of the molecule is O=C(OCC1c2ccccc2-c2ccccc21)N1CCc2cccc(O)c2C1. The minimum Gasteiger partial charge on any atom is -0.508 e. The number of rotatable bonds is 2. The maximum Gasteiger partial charge on any atom is 0.410 e. The maximum atomic E-state index is 12.7. The van der Waals surface area contributed by atoms with Gasteiger partial charge < -0.3 is 14.7 Å². The van der Waals surface area contributed by atoms with Crippen molar-refractivity contribution in [3.63, 3.8) is 0 Å². The molecule has 1 heterocycles. The van der Waals surface area contributed by atoms with Crippen molar-refractivity contribution in [3.05, 3.63) is 89.0 Å². The molecule has 0 fully saturated rings. The van der Waals surface area contributed by atoms with Gasteiger partial charge in [0.15, 0.2) is 0 Å². The summed E-state index contributed by atoms with van der Waals surface area (Å²) in [5.41, 5.74) is 6.77. The average Bonchev–Trinajstić information content (AvgIpc) is 3.06. The molecule has 0 saturated heterocycles. The van der Waals surface area contributed by atoms with Crippen LogP contribution in [-0.4, -0.2) is 29.3 Å². The lowest BCUT2D eigenvalue weighted by atomic mass is 9.98. The quantitative estimate of drug-likeness (QED) is 0.710. The average molecular weight is 371 g/mol. The summed E-state index contributed by atoms with van der Waals surface area (Å²) in [4.78, 5) is 14.4. The van der Waals surface area contributed by atoms with Crippen molar-refractivity contribution in [3.8, 4) is 16.9 Å². The monoisotopic (exact) mass is 371 g/mol. The number of phenols is 1. The molecule has 4 heteroatoms. The zero-order chi connectivity index (χ0) is 19.1. The first-order valence-electron chi connectivity index (χ1n) is 9.62. The van der Waals surface area contributed by atoms with E-state index in [1.165, 1.54) is 22.3 Å². The van der Waals surface area contributed by atoms with Crippen molar-refractivity contribution < 1.29 is 14.6 Å². The number of phenolic OH excluding ortho intramolecular Hbond substituents is 1. The highest BCUT2D eigenvalue weighted by Crippen LogP contribution is 2.44. The van der Waals surface area contributed by atoms with Crippen LogP contribution in [0.4, 0.5) is 4.79 Å². The Kier molecular flexibility index (Phi) is 4.05. The number of aromatic hydroxyl groups is 1. The van der Waals surface area contributed by atoms with Gasteiger partial charge in [0, 0.05) is 18.0 Å². The second kappa shape index (κ2) is 6.71. The second-order valence-corrected chi connectivity index (χ2v) is 7.39. The van der Waals surface area contributed by atoms with Crippen LogP contribution in [0.5, 0.6) is 5.75 Å². The molecule has 140 valence electrons. The van der Waals surface area contributed by atoms with Crippen LogP contribution in [0.3, 0.4) is 0 Å². The van der Waals surface area contributed by atoms with Crippen LogP contribution in [0.2, 0.25) is 0 Å². The predicted octanol–water partition coefficient (Wildman–Crippen LogP) is 4.70. The lowest BCUT2D eigenvalue weighted by molar-refractivity contribution is 0.0950. The Hall–Kier alpha value is -3.27. The number of benzene rings is 3. The molecule has 1 aliphatic heterocycles. The third kappa shape index (κ3) is 2.73. The molecule has 5 rings (SSSR count). The first kappa shape index (κ1) is 16.9. The maximum absolute atomic E-state index is 12.7. The van der Waals surface area contributed by atoms with Crippen LogP contribution in [-0.2, 0) is 17.7 Å². The standard InChI is InChI=1S/C24H21NO3/c26-23-11-5-6-16-12-13-25(14-21(16)23)24(27)28-15-22-19-9-3-1-7-17(19)18-8-2-4-10-20(18)22/h1-11,22,26H,12-15H2. The molecule has 0 aromatic heterocycles. The molecular weight excluding hydrogens is 350 g/mol. The molecule has 28 heavy (non-hydrogen) atoms. The number of amides is 1. The van der Waals surface area contributed by atoms with Crippen molar-refractivity contribution in [1.29, 1.82) is 0 Å². The van der Waals surface area contributed by atoms with Gasteiger partial charge in [0.2, 0.25) is 0 Å². The molecule has 0 radical (unpaired) electrons. The minimum atomic E-state index is -0.323. The van der Waals surface area contributed by atoms with Gasteiger partial charge in [-0.25, -0.2) is 4.79 Å². The topological polar surface area (TPSA) is 49.8 Å². The van der Waals surface area contributed by atoms with E-state index >= 15 is 0 Å². The molecular formula is C24H21NO3. The van der Waals surface area contributed by atoms with E-state index in [4.69, 9.17) is 4.74 Å². The highest BCUT2D eigenvalue weighted by Gasteiger charge is 2.30. The van der Waals surface area contributed by atoms with Gasteiger partial charge in [-0.2, -0.15) is 0 Å². The van der Waals surface area contributed by atoms with Gasteiger partial charge in [-0.3, -0.25) is 0 Å². The number of carbonyl (C=O) groups excluding carboxylic acids is 1. The van der Waals surface area contributed by atoms with Gasteiger partial charge >= 0.3 is 6.09 Å². The normalized spacial score (nSPS) is 14.9. The highest BCUT2D eigenvalue weighted by molar-refractivity contribution is 5.79. The van der Waals surface area contributed by atoms with E-state index in [0.717, 1.165) is 17.5 Å². The Bertz CT molecular complexity index is 1010. The van der Waals surface area contributed by atoms with E-state index in [0.29, 0.717) is 19.7 Å². The number of hydrogen-bond donors (Lipinski definition) is 1. The number of nitrogens with zero attached hydrogens (tertiary/aromatic N) is 1. The van der Waals surface area contributed by atoms with E-state index in [1.807, 2.05) is 36.4 Å². The number of ether oxygens (including phenoxy) is 1. The molecule has 1 amide bonds. The Morgan fingerprint density at radius 3 is 2.36 bits per heavy atom. The van der Waals surface area contributed by atoms with Crippen LogP contribution >= 0.6 is 0 Å². The molecule has 0 bridgehead atoms. The van der Waals surface area contributed by atoms with E-state index in [-0.39, 0.29) is 17.8 Å². The molecule has 0 spiro atoms. The third-order valence-electron chi connectivity index (χ3n) is 5.84. The molecule has 2 aliphatic rings. The molecule has 4 nitrogen and oxygen atoms in total. The van der Waals surface area contributed by atoms with E-state index in [2.05, 4.69) is 24.3 Å². The van der Waals surface area contributed by atoms with Crippen LogP contribution in [0, 0.1) is 0 Å². The Morgan fingerprint density at radius 2 is 1.64 bits per heavy atom. The van der Waals surface area contributed by atoms with E-state index in [9.17, 15) is 9.90 Å². The predicted molar refractivity (Wildman–Crippen MR) is 107 cm³/mol. The number of carbonyl (C=O) groups is 1. The molecule has 3 aromatic carbocycles. The Labute approximate surface area is 164 Å². The van der Waals surface area contributed by atoms with Gasteiger partial charge in [-0.05, 0) is 40.3 Å². The van der Waals surface area contributed by atoms with Gasteiger partial charge in [0.05, 0.1) is 6.54 Å². The first-order valence-corrected chi connectivity index (χ1v) is 9.62. The van der Waals surface area contributed by atoms with Crippen LogP contribution in [0.15, 0.2) is 66.7 Å². The molecule has 1 N–H and O–H groups in total. The summed E-state index contributed by atoms with van der Waals surface area (Å²) in [6.45, 7) is 1.31. The lowest BCUT2D eigenvalue weighted by Gasteiger charge is -2.29. The summed E-state index contributed by atoms with van der Waals surface area (Å²) in [5, 5.41) is 10.1. The van der Waals surface area contributed by atoms with Crippen molar-refractivity contribution in [2.24, 2.45) is 0 Å². The summed E-state index contributed by atoms with van der Waals surface area (Å²) in [6.07, 6.45) is 0.407. The van der Waals surface area contributed by atoms with E-state index < -0.39 is 0 Å². The number of fused-ring (bicyclic) bond motifs is 4. The Balaban J connectivity index is 1.33. The van der Waals surface area contributed by atoms with Crippen molar-refractivity contribution >= 4 is 6.09 Å². The minimum absolute atomic E-state index is 0.0572. The fourth-order valence-corrected chi connectivity index (χ4v) is 4.40. The molecule has 1 aliphatic carbocycles. The molecule has 0 atom stereocenters. The van der Waals surface area contributed by atoms with Crippen LogP contribution in [0.25, 0.3) is 11.1 Å². The van der Waals surface area contributed by atoms with Gasteiger partial charge in [-0.15, -0.1) is 0 Å². The van der Waals surface area contributed by atoms with Gasteiger partial charge in [0.25, 0.3) is 0 Å². The summed E-state index contributed by atoms with van der Waals surface area (Å²) in [6, 6.07) is 22.1. The summed E-state index contributed by atoms with van der Waals surface area (Å²) in [7, 11) is 0. The summed E-state index contributed by atoms with van der Waals surface area (Å²) < 4.78 is 5.74. The van der Waals surface area contributed by atoms with Gasteiger partial charge in [-0.1, -0.05) is 60.7 Å². The fraction of sp³-hybridized carbons (Fsp3) is 0.208. The largest absolute Gasteiger partial charge is 0.508 e. The molecule has 0 unspecified atom stereocenters. The first-order chi connectivity index (χ1) is 13.7. The molecule has 3 aromatic rings. The lowest BCUT2D eigenvalue weighted by Crippen LogP contribution is -2.37.